The van der Waals surface area contributed by atoms with Gasteiger partial charge in [0.2, 0.25) is 0 Å². The number of benzene rings is 10. The van der Waals surface area contributed by atoms with Gasteiger partial charge in [0.1, 0.15) is 11.6 Å². The standard InChI is InChI=1S/C79H54N6/c1-3-20-55(21-4-1)72-30-13-14-34-76(72)85(77-35-19-33-75(83-77)59-22-5-2-6-23-59)78-48-51-82-79(84-78)62-46-40-58(41-47-62)68-26-9-12-29-71(68)65-53-63(69-27-10-7-24-66(69)56-36-42-60(43-37-56)73-31-15-17-49-80-73)52-64(54-65)70-28-11-8-25-67(70)57-38-44-61(45-39-57)74-32-16-18-50-81-74/h1-54H. The number of anilines is 3. The van der Waals surface area contributed by atoms with E-state index in [2.05, 4.69) is 264 Å². The third-order valence-electron chi connectivity index (χ3n) is 15.5. The lowest BCUT2D eigenvalue weighted by Crippen LogP contribution is -2.15. The molecule has 4 heterocycles. The van der Waals surface area contributed by atoms with Gasteiger partial charge in [0.05, 0.1) is 22.8 Å². The summed E-state index contributed by atoms with van der Waals surface area (Å²) < 4.78 is 0. The summed E-state index contributed by atoms with van der Waals surface area (Å²) >= 11 is 0. The van der Waals surface area contributed by atoms with Gasteiger partial charge >= 0.3 is 0 Å². The molecule has 0 N–H and O–H groups in total. The zero-order chi connectivity index (χ0) is 56.7. The number of hydrogen-bond acceptors (Lipinski definition) is 6. The second kappa shape index (κ2) is 23.6. The Kier molecular flexibility index (Phi) is 14.3. The van der Waals surface area contributed by atoms with Crippen LogP contribution in [0.3, 0.4) is 0 Å². The molecule has 14 rings (SSSR count). The summed E-state index contributed by atoms with van der Waals surface area (Å²) in [4.78, 5) is 26.9. The van der Waals surface area contributed by atoms with E-state index in [1.165, 1.54) is 0 Å². The first kappa shape index (κ1) is 51.7. The van der Waals surface area contributed by atoms with Gasteiger partial charge in [-0.3, -0.25) is 14.9 Å². The molecule has 0 atom stereocenters. The van der Waals surface area contributed by atoms with Crippen molar-refractivity contribution in [1.82, 2.24) is 24.9 Å². The topological polar surface area (TPSA) is 67.7 Å². The minimum Gasteiger partial charge on any atom is -0.278 e. The molecular formula is C79H54N6. The van der Waals surface area contributed by atoms with Crippen molar-refractivity contribution in [3.63, 3.8) is 0 Å². The Balaban J connectivity index is 0.857. The summed E-state index contributed by atoms with van der Waals surface area (Å²) in [6, 6.07) is 109. The van der Waals surface area contributed by atoms with Crippen molar-refractivity contribution in [3.05, 3.63) is 328 Å². The van der Waals surface area contributed by atoms with Crippen LogP contribution in [0.2, 0.25) is 0 Å². The molecule has 0 saturated carbocycles. The summed E-state index contributed by atoms with van der Waals surface area (Å²) in [6.45, 7) is 0. The molecule has 0 radical (unpaired) electrons. The number of aromatic nitrogens is 5. The Morgan fingerprint density at radius 1 is 0.200 bits per heavy atom. The van der Waals surface area contributed by atoms with Gasteiger partial charge in [-0.15, -0.1) is 0 Å². The van der Waals surface area contributed by atoms with Crippen molar-refractivity contribution in [1.29, 1.82) is 0 Å². The van der Waals surface area contributed by atoms with Crippen molar-refractivity contribution in [2.75, 3.05) is 4.90 Å². The molecule has 0 amide bonds. The SMILES string of the molecule is c1ccc(-c2cccc(N(c3ccnc(-c4ccc(-c5ccccc5-c5cc(-c6ccccc6-c6ccc(-c7ccccn7)cc6)cc(-c6ccccc6-c6ccc(-c7ccccn7)cc6)c5)cc4)n3)c3ccccc3-c3ccccc3)n2)cc1. The zero-order valence-corrected chi connectivity index (χ0v) is 46.4. The second-order valence-electron chi connectivity index (χ2n) is 20.8. The maximum absolute atomic E-state index is 5.34. The average molecular weight is 1090 g/mol. The maximum atomic E-state index is 5.34. The molecule has 0 saturated heterocycles. The quantitative estimate of drug-likeness (QED) is 0.108. The molecule has 10 aromatic carbocycles. The minimum absolute atomic E-state index is 0.603. The van der Waals surface area contributed by atoms with Crippen LogP contribution in [0.5, 0.6) is 0 Å². The van der Waals surface area contributed by atoms with Gasteiger partial charge in [0, 0.05) is 46.4 Å². The molecule has 400 valence electrons. The lowest BCUT2D eigenvalue weighted by Gasteiger charge is -2.26. The Bertz CT molecular complexity index is 4470. The fourth-order valence-corrected chi connectivity index (χ4v) is 11.4. The van der Waals surface area contributed by atoms with Crippen LogP contribution in [0.25, 0.3) is 123 Å². The van der Waals surface area contributed by atoms with Gasteiger partial charge in [-0.05, 0) is 139 Å². The fraction of sp³-hybridized carbons (Fsp3) is 0. The van der Waals surface area contributed by atoms with Crippen molar-refractivity contribution in [2.45, 2.75) is 0 Å². The molecule has 14 aromatic rings. The van der Waals surface area contributed by atoms with E-state index in [4.69, 9.17) is 15.0 Å². The third kappa shape index (κ3) is 10.8. The van der Waals surface area contributed by atoms with Gasteiger partial charge in [0.25, 0.3) is 0 Å². The van der Waals surface area contributed by atoms with E-state index in [1.54, 1.807) is 0 Å². The highest BCUT2D eigenvalue weighted by atomic mass is 15.2. The lowest BCUT2D eigenvalue weighted by molar-refractivity contribution is 1.09. The van der Waals surface area contributed by atoms with Crippen LogP contribution in [0.4, 0.5) is 17.3 Å². The molecular weight excluding hydrogens is 1030 g/mol. The first-order valence-electron chi connectivity index (χ1n) is 28.5. The molecule has 4 aromatic heterocycles. The van der Waals surface area contributed by atoms with E-state index in [-0.39, 0.29) is 0 Å². The average Bonchev–Trinajstić information content (AvgIpc) is 3.44. The number of nitrogens with zero attached hydrogens (tertiary/aromatic N) is 6. The summed E-state index contributed by atoms with van der Waals surface area (Å²) in [7, 11) is 0. The number of para-hydroxylation sites is 1. The van der Waals surface area contributed by atoms with E-state index in [1.807, 2.05) is 79.3 Å². The summed E-state index contributed by atoms with van der Waals surface area (Å²) in [5, 5.41) is 0. The van der Waals surface area contributed by atoms with Crippen LogP contribution in [0.1, 0.15) is 0 Å². The van der Waals surface area contributed by atoms with Crippen LogP contribution in [-0.4, -0.2) is 24.9 Å². The number of hydrogen-bond donors (Lipinski definition) is 0. The van der Waals surface area contributed by atoms with Crippen LogP contribution in [-0.2, 0) is 0 Å². The van der Waals surface area contributed by atoms with E-state index < -0.39 is 0 Å². The van der Waals surface area contributed by atoms with E-state index in [9.17, 15) is 0 Å². The molecule has 0 aliphatic heterocycles. The lowest BCUT2D eigenvalue weighted by atomic mass is 9.86. The van der Waals surface area contributed by atoms with Gasteiger partial charge in [-0.1, -0.05) is 243 Å². The smallest absolute Gasteiger partial charge is 0.161 e. The van der Waals surface area contributed by atoms with Crippen molar-refractivity contribution in [3.8, 4) is 123 Å². The highest BCUT2D eigenvalue weighted by Crippen LogP contribution is 2.44. The van der Waals surface area contributed by atoms with Crippen LogP contribution >= 0.6 is 0 Å². The van der Waals surface area contributed by atoms with Crippen LogP contribution in [0.15, 0.2) is 328 Å². The summed E-state index contributed by atoms with van der Waals surface area (Å²) in [5.41, 5.74) is 23.4. The third-order valence-corrected chi connectivity index (χ3v) is 15.5. The Labute approximate surface area is 495 Å². The fourth-order valence-electron chi connectivity index (χ4n) is 11.4. The first-order valence-corrected chi connectivity index (χ1v) is 28.5. The van der Waals surface area contributed by atoms with E-state index >= 15 is 0 Å². The number of pyridine rings is 3. The first-order chi connectivity index (χ1) is 42.1. The second-order valence-corrected chi connectivity index (χ2v) is 20.8. The maximum Gasteiger partial charge on any atom is 0.161 e. The predicted octanol–water partition coefficient (Wildman–Crippen LogP) is 20.5. The molecule has 0 unspecified atom stereocenters. The van der Waals surface area contributed by atoms with Crippen LogP contribution < -0.4 is 4.90 Å². The highest BCUT2D eigenvalue weighted by molar-refractivity contribution is 5.95. The molecule has 0 aliphatic carbocycles. The van der Waals surface area contributed by atoms with Gasteiger partial charge in [-0.25, -0.2) is 15.0 Å². The predicted molar refractivity (Wildman–Crippen MR) is 350 cm³/mol. The van der Waals surface area contributed by atoms with Crippen molar-refractivity contribution in [2.24, 2.45) is 0 Å². The minimum atomic E-state index is 0.603. The van der Waals surface area contributed by atoms with Gasteiger partial charge in [-0.2, -0.15) is 0 Å². The van der Waals surface area contributed by atoms with Gasteiger partial charge < -0.3 is 0 Å². The summed E-state index contributed by atoms with van der Waals surface area (Å²) in [5.74, 6) is 2.04. The van der Waals surface area contributed by atoms with E-state index in [0.29, 0.717) is 11.6 Å². The normalized spacial score (nSPS) is 11.1. The highest BCUT2D eigenvalue weighted by Gasteiger charge is 2.22. The summed E-state index contributed by atoms with van der Waals surface area (Å²) in [6.07, 6.45) is 5.52. The number of rotatable bonds is 14. The molecule has 6 nitrogen and oxygen atoms in total. The molecule has 0 aliphatic rings. The molecule has 0 bridgehead atoms. The molecule has 6 heteroatoms. The molecule has 85 heavy (non-hydrogen) atoms. The van der Waals surface area contributed by atoms with Crippen LogP contribution in [0, 0.1) is 0 Å². The molecule has 0 spiro atoms. The Morgan fingerprint density at radius 3 is 1.02 bits per heavy atom. The Morgan fingerprint density at radius 2 is 0.553 bits per heavy atom. The van der Waals surface area contributed by atoms with Crippen molar-refractivity contribution < 1.29 is 0 Å². The monoisotopic (exact) mass is 1090 g/mol. The largest absolute Gasteiger partial charge is 0.278 e. The Hall–Kier alpha value is -11.5. The molecule has 0 fully saturated rings. The van der Waals surface area contributed by atoms with E-state index in [0.717, 1.165) is 129 Å². The van der Waals surface area contributed by atoms with Gasteiger partial charge in [0.15, 0.2) is 5.82 Å². The zero-order valence-electron chi connectivity index (χ0n) is 46.4. The van der Waals surface area contributed by atoms with Crippen molar-refractivity contribution >= 4 is 17.3 Å².